The second-order valence-electron chi connectivity index (χ2n) is 6.35. The van der Waals surface area contributed by atoms with Crippen LogP contribution in [0.5, 0.6) is 0 Å². The lowest BCUT2D eigenvalue weighted by Gasteiger charge is -2.26. The van der Waals surface area contributed by atoms with Crippen LogP contribution in [0.4, 0.5) is 5.82 Å². The molecule has 2 heterocycles. The molecule has 0 bridgehead atoms. The Labute approximate surface area is 141 Å². The Balaban J connectivity index is 1.39. The van der Waals surface area contributed by atoms with Gasteiger partial charge in [-0.2, -0.15) is 0 Å². The number of carbonyl (C=O) groups is 1. The second-order valence-corrected chi connectivity index (χ2v) is 6.35. The molecule has 0 radical (unpaired) electrons. The minimum absolute atomic E-state index is 0.0330. The summed E-state index contributed by atoms with van der Waals surface area (Å²) in [4.78, 5) is 18.7. The molecule has 0 unspecified atom stereocenters. The number of morpholine rings is 1. The predicted octanol–water partition coefficient (Wildman–Crippen LogP) is 2.13. The molecule has 1 fully saturated rings. The van der Waals surface area contributed by atoms with E-state index >= 15 is 0 Å². The summed E-state index contributed by atoms with van der Waals surface area (Å²) in [6.45, 7) is 2.53. The van der Waals surface area contributed by atoms with E-state index in [-0.39, 0.29) is 5.91 Å². The van der Waals surface area contributed by atoms with Gasteiger partial charge in [0.15, 0.2) is 0 Å². The molecule has 1 saturated heterocycles. The highest BCUT2D eigenvalue weighted by atomic mass is 16.5. The molecule has 124 valence electrons. The fourth-order valence-electron chi connectivity index (χ4n) is 3.42. The maximum atomic E-state index is 12.4. The van der Waals surface area contributed by atoms with E-state index in [0.29, 0.717) is 37.9 Å². The third kappa shape index (κ3) is 3.12. The first-order valence-electron chi connectivity index (χ1n) is 8.46. The molecule has 24 heavy (non-hydrogen) atoms. The van der Waals surface area contributed by atoms with Gasteiger partial charge in [-0.25, -0.2) is 4.98 Å². The quantitative estimate of drug-likeness (QED) is 0.940. The topological polar surface area (TPSA) is 54.5 Å². The number of amides is 1. The summed E-state index contributed by atoms with van der Waals surface area (Å²) in [5, 5.41) is 3.48. The van der Waals surface area contributed by atoms with Crippen molar-refractivity contribution in [1.29, 1.82) is 0 Å². The smallest absolute Gasteiger partial charge is 0.255 e. The van der Waals surface area contributed by atoms with Gasteiger partial charge in [0.05, 0.1) is 18.8 Å². The molecule has 1 N–H and O–H groups in total. The molecule has 1 aliphatic heterocycles. The number of anilines is 1. The molecule has 5 heteroatoms. The molecule has 0 atom stereocenters. The van der Waals surface area contributed by atoms with Gasteiger partial charge in [-0.05, 0) is 36.1 Å². The average Bonchev–Trinajstić information content (AvgIpc) is 3.05. The number of carbonyl (C=O) groups excluding carboxylic acids is 1. The first-order valence-corrected chi connectivity index (χ1v) is 8.46. The molecule has 4 rings (SSSR count). The Kier molecular flexibility index (Phi) is 4.17. The van der Waals surface area contributed by atoms with Crippen molar-refractivity contribution in [2.45, 2.75) is 18.9 Å². The monoisotopic (exact) mass is 323 g/mol. The van der Waals surface area contributed by atoms with Gasteiger partial charge in [-0.3, -0.25) is 4.79 Å². The lowest BCUT2D eigenvalue weighted by Crippen LogP contribution is -2.40. The molecular formula is C19H21N3O2. The molecule has 2 aromatic rings. The van der Waals surface area contributed by atoms with E-state index in [1.165, 1.54) is 11.1 Å². The number of fused-ring (bicyclic) bond motifs is 1. The van der Waals surface area contributed by atoms with Crippen molar-refractivity contribution in [3.8, 4) is 0 Å². The number of benzene rings is 1. The van der Waals surface area contributed by atoms with E-state index in [2.05, 4.69) is 34.6 Å². The predicted molar refractivity (Wildman–Crippen MR) is 92.2 cm³/mol. The van der Waals surface area contributed by atoms with Gasteiger partial charge in [0.25, 0.3) is 5.91 Å². The molecule has 5 nitrogen and oxygen atoms in total. The highest BCUT2D eigenvalue weighted by Gasteiger charge is 2.22. The average molecular weight is 323 g/mol. The van der Waals surface area contributed by atoms with E-state index in [9.17, 15) is 4.79 Å². The first kappa shape index (κ1) is 15.1. The number of hydrogen-bond acceptors (Lipinski definition) is 4. The van der Waals surface area contributed by atoms with Crippen LogP contribution in [-0.2, 0) is 17.6 Å². The summed E-state index contributed by atoms with van der Waals surface area (Å²) in [5.41, 5.74) is 3.46. The van der Waals surface area contributed by atoms with Gasteiger partial charge in [0.2, 0.25) is 0 Å². The lowest BCUT2D eigenvalue weighted by atomic mass is 10.1. The van der Waals surface area contributed by atoms with Crippen molar-refractivity contribution in [3.05, 3.63) is 59.3 Å². The summed E-state index contributed by atoms with van der Waals surface area (Å²) < 4.78 is 5.29. The van der Waals surface area contributed by atoms with Gasteiger partial charge in [-0.1, -0.05) is 24.3 Å². The fourth-order valence-corrected chi connectivity index (χ4v) is 3.42. The summed E-state index contributed by atoms with van der Waals surface area (Å²) in [6, 6.07) is 12.7. The van der Waals surface area contributed by atoms with Crippen molar-refractivity contribution < 1.29 is 9.53 Å². The van der Waals surface area contributed by atoms with Crippen LogP contribution in [0.25, 0.3) is 0 Å². The number of nitrogens with zero attached hydrogens (tertiary/aromatic N) is 2. The third-order valence-electron chi connectivity index (χ3n) is 4.71. The minimum Gasteiger partial charge on any atom is -0.378 e. The zero-order chi connectivity index (χ0) is 16.4. The Morgan fingerprint density at radius 2 is 1.79 bits per heavy atom. The number of aromatic nitrogens is 1. The SMILES string of the molecule is O=C(c1ccc(NC2Cc3ccccc3C2)nc1)N1CCOCC1. The first-order chi connectivity index (χ1) is 11.8. The summed E-state index contributed by atoms with van der Waals surface area (Å²) in [5.74, 6) is 0.858. The Morgan fingerprint density at radius 1 is 1.08 bits per heavy atom. The number of rotatable bonds is 3. The van der Waals surface area contributed by atoms with Gasteiger partial charge >= 0.3 is 0 Å². The molecule has 1 amide bonds. The fraction of sp³-hybridized carbons (Fsp3) is 0.368. The van der Waals surface area contributed by atoms with Gasteiger partial charge in [-0.15, -0.1) is 0 Å². The summed E-state index contributed by atoms with van der Waals surface area (Å²) in [7, 11) is 0. The molecule has 0 saturated carbocycles. The van der Waals surface area contributed by atoms with Crippen LogP contribution in [0.1, 0.15) is 21.5 Å². The van der Waals surface area contributed by atoms with Gasteiger partial charge < -0.3 is 15.0 Å². The highest BCUT2D eigenvalue weighted by molar-refractivity contribution is 5.94. The van der Waals surface area contributed by atoms with Gasteiger partial charge in [0, 0.05) is 25.3 Å². The highest BCUT2D eigenvalue weighted by Crippen LogP contribution is 2.24. The van der Waals surface area contributed by atoms with E-state index in [1.54, 1.807) is 6.20 Å². The number of pyridine rings is 1. The zero-order valence-corrected chi connectivity index (χ0v) is 13.6. The van der Waals surface area contributed by atoms with Crippen LogP contribution in [-0.4, -0.2) is 48.1 Å². The molecule has 1 aromatic heterocycles. The number of hydrogen-bond donors (Lipinski definition) is 1. The number of ether oxygens (including phenoxy) is 1. The largest absolute Gasteiger partial charge is 0.378 e. The molecule has 1 aliphatic carbocycles. The van der Waals surface area contributed by atoms with E-state index < -0.39 is 0 Å². The third-order valence-corrected chi connectivity index (χ3v) is 4.71. The van der Waals surface area contributed by atoms with E-state index in [0.717, 1.165) is 18.7 Å². The Hall–Kier alpha value is -2.40. The lowest BCUT2D eigenvalue weighted by molar-refractivity contribution is 0.0302. The van der Waals surface area contributed by atoms with Crippen LogP contribution < -0.4 is 5.32 Å². The standard InChI is InChI=1S/C19H21N3O2/c23-19(22-7-9-24-10-8-22)16-5-6-18(20-13-16)21-17-11-14-3-1-2-4-15(14)12-17/h1-6,13,17H,7-12H2,(H,20,21). The van der Waals surface area contributed by atoms with Crippen molar-refractivity contribution in [2.24, 2.45) is 0 Å². The van der Waals surface area contributed by atoms with Crippen LogP contribution in [0.2, 0.25) is 0 Å². The summed E-state index contributed by atoms with van der Waals surface area (Å²) in [6.07, 6.45) is 3.71. The normalized spacial score (nSPS) is 17.6. The van der Waals surface area contributed by atoms with Crippen molar-refractivity contribution in [2.75, 3.05) is 31.6 Å². The van der Waals surface area contributed by atoms with Gasteiger partial charge in [0.1, 0.15) is 5.82 Å². The zero-order valence-electron chi connectivity index (χ0n) is 13.6. The molecule has 0 spiro atoms. The summed E-state index contributed by atoms with van der Waals surface area (Å²) >= 11 is 0. The maximum Gasteiger partial charge on any atom is 0.255 e. The Bertz CT molecular complexity index is 699. The van der Waals surface area contributed by atoms with E-state index in [4.69, 9.17) is 4.74 Å². The molecular weight excluding hydrogens is 302 g/mol. The van der Waals surface area contributed by atoms with Crippen molar-refractivity contribution in [3.63, 3.8) is 0 Å². The van der Waals surface area contributed by atoms with Crippen molar-refractivity contribution >= 4 is 11.7 Å². The molecule has 2 aliphatic rings. The van der Waals surface area contributed by atoms with Crippen LogP contribution in [0, 0.1) is 0 Å². The van der Waals surface area contributed by atoms with Crippen LogP contribution in [0.3, 0.4) is 0 Å². The van der Waals surface area contributed by atoms with Crippen LogP contribution in [0.15, 0.2) is 42.6 Å². The second kappa shape index (κ2) is 6.61. The Morgan fingerprint density at radius 3 is 2.42 bits per heavy atom. The van der Waals surface area contributed by atoms with Crippen molar-refractivity contribution in [1.82, 2.24) is 9.88 Å². The minimum atomic E-state index is 0.0330. The number of nitrogens with one attached hydrogen (secondary N) is 1. The maximum absolute atomic E-state index is 12.4. The molecule has 1 aromatic carbocycles. The van der Waals surface area contributed by atoms with E-state index in [1.807, 2.05) is 17.0 Å². The van der Waals surface area contributed by atoms with Crippen LogP contribution >= 0.6 is 0 Å².